The van der Waals surface area contributed by atoms with Gasteiger partial charge in [0.2, 0.25) is 0 Å². The zero-order chi connectivity index (χ0) is 30.7. The molecule has 0 spiro atoms. The summed E-state index contributed by atoms with van der Waals surface area (Å²) in [7, 11) is 1.58. The van der Waals surface area contributed by atoms with E-state index in [9.17, 15) is 9.59 Å². The van der Waals surface area contributed by atoms with Gasteiger partial charge in [0, 0.05) is 18.7 Å². The summed E-state index contributed by atoms with van der Waals surface area (Å²) in [6.07, 6.45) is 1.82. The molecule has 0 aliphatic carbocycles. The fourth-order valence-corrected chi connectivity index (χ4v) is 6.47. The first-order valence-electron chi connectivity index (χ1n) is 13.9. The standard InChI is InChI=1S/C33H31Cl2N3O4S/c1-5-37(6-2)32(40)29-20(3)36-33-38(30(29)24-12-7-8-13-27(24)41-4)31(39)28(43-33)18-21-10-9-11-23(16-21)42-19-22-14-15-25(34)26(35)17-22/h7-18,30H,5-6,19H2,1-4H3/b28-18+/t30-/m0/s1. The highest BCUT2D eigenvalue weighted by Gasteiger charge is 2.35. The largest absolute Gasteiger partial charge is 0.496 e. The molecule has 222 valence electrons. The van der Waals surface area contributed by atoms with Crippen LogP contribution < -0.4 is 24.4 Å². The van der Waals surface area contributed by atoms with E-state index in [2.05, 4.69) is 0 Å². The van der Waals surface area contributed by atoms with Crippen LogP contribution in [0.2, 0.25) is 10.0 Å². The second kappa shape index (κ2) is 13.2. The number of carbonyl (C=O) groups is 1. The topological polar surface area (TPSA) is 73.1 Å². The van der Waals surface area contributed by atoms with Gasteiger partial charge in [-0.3, -0.25) is 14.2 Å². The van der Waals surface area contributed by atoms with Crippen molar-refractivity contribution in [3.05, 3.63) is 124 Å². The maximum absolute atomic E-state index is 14.1. The van der Waals surface area contributed by atoms with Crippen LogP contribution in [0.3, 0.4) is 0 Å². The van der Waals surface area contributed by atoms with Crippen LogP contribution in [-0.4, -0.2) is 35.6 Å². The summed E-state index contributed by atoms with van der Waals surface area (Å²) in [6, 6.07) is 19.7. The smallest absolute Gasteiger partial charge is 0.271 e. The zero-order valence-electron chi connectivity index (χ0n) is 24.3. The number of fused-ring (bicyclic) bond motifs is 1. The van der Waals surface area contributed by atoms with Crippen molar-refractivity contribution in [3.63, 3.8) is 0 Å². The third-order valence-corrected chi connectivity index (χ3v) is 9.00. The van der Waals surface area contributed by atoms with E-state index >= 15 is 0 Å². The molecule has 5 rings (SSSR count). The molecule has 0 saturated heterocycles. The molecule has 0 saturated carbocycles. The van der Waals surface area contributed by atoms with Crippen LogP contribution in [0.1, 0.15) is 43.5 Å². The molecule has 1 amide bonds. The number of ether oxygens (including phenoxy) is 2. The van der Waals surface area contributed by atoms with Crippen LogP contribution in [0.5, 0.6) is 11.5 Å². The Hall–Kier alpha value is -3.85. The van der Waals surface area contributed by atoms with Gasteiger partial charge < -0.3 is 14.4 Å². The Morgan fingerprint density at radius 2 is 1.81 bits per heavy atom. The third kappa shape index (κ3) is 6.27. The zero-order valence-corrected chi connectivity index (χ0v) is 26.6. The number of aromatic nitrogens is 1. The summed E-state index contributed by atoms with van der Waals surface area (Å²) in [5.74, 6) is 1.08. The first-order valence-corrected chi connectivity index (χ1v) is 15.4. The van der Waals surface area contributed by atoms with Crippen molar-refractivity contribution >= 4 is 46.5 Å². The molecule has 0 fully saturated rings. The number of halogens is 2. The van der Waals surface area contributed by atoms with Crippen molar-refractivity contribution in [2.45, 2.75) is 33.4 Å². The lowest BCUT2D eigenvalue weighted by Gasteiger charge is -2.29. The molecule has 4 aromatic rings. The van der Waals surface area contributed by atoms with Crippen LogP contribution in [0.15, 0.2) is 87.8 Å². The molecular weight excluding hydrogens is 605 g/mol. The van der Waals surface area contributed by atoms with Crippen LogP contribution >= 0.6 is 34.5 Å². The number of hydrogen-bond donors (Lipinski definition) is 0. The van der Waals surface area contributed by atoms with E-state index < -0.39 is 6.04 Å². The molecule has 1 aromatic heterocycles. The Balaban J connectivity index is 1.57. The quantitative estimate of drug-likeness (QED) is 0.226. The third-order valence-electron chi connectivity index (χ3n) is 7.28. The van der Waals surface area contributed by atoms with Crippen molar-refractivity contribution in [1.82, 2.24) is 9.47 Å². The van der Waals surface area contributed by atoms with Gasteiger partial charge in [0.05, 0.1) is 33.0 Å². The lowest BCUT2D eigenvalue weighted by atomic mass is 9.94. The van der Waals surface area contributed by atoms with Crippen molar-refractivity contribution in [3.8, 4) is 11.5 Å². The summed E-state index contributed by atoms with van der Waals surface area (Å²) >= 11 is 13.5. The molecule has 2 heterocycles. The molecule has 0 bridgehead atoms. The van der Waals surface area contributed by atoms with Gasteiger partial charge in [0.1, 0.15) is 24.1 Å². The van der Waals surface area contributed by atoms with Crippen molar-refractivity contribution in [2.75, 3.05) is 20.2 Å². The first-order chi connectivity index (χ1) is 20.7. The molecule has 0 unspecified atom stereocenters. The van der Waals surface area contributed by atoms with E-state index in [1.54, 1.807) is 28.7 Å². The number of thiazole rings is 1. The summed E-state index contributed by atoms with van der Waals surface area (Å²) in [5.41, 5.74) is 3.21. The minimum Gasteiger partial charge on any atom is -0.496 e. The monoisotopic (exact) mass is 635 g/mol. The summed E-state index contributed by atoms with van der Waals surface area (Å²) < 4.78 is 13.8. The van der Waals surface area contributed by atoms with Gasteiger partial charge in [-0.1, -0.05) is 70.9 Å². The average molecular weight is 637 g/mol. The lowest BCUT2D eigenvalue weighted by Crippen LogP contribution is -2.43. The van der Waals surface area contributed by atoms with E-state index in [4.69, 9.17) is 37.7 Å². The molecule has 7 nitrogen and oxygen atoms in total. The maximum atomic E-state index is 14.1. The van der Waals surface area contributed by atoms with E-state index in [0.29, 0.717) is 61.8 Å². The fourth-order valence-electron chi connectivity index (χ4n) is 5.10. The number of hydrogen-bond acceptors (Lipinski definition) is 6. The van der Waals surface area contributed by atoms with Crippen LogP contribution in [0.25, 0.3) is 6.08 Å². The van der Waals surface area contributed by atoms with Gasteiger partial charge in [-0.25, -0.2) is 4.99 Å². The SMILES string of the molecule is CCN(CC)C(=O)C1=C(C)N=c2s/c(=C/c3cccc(OCc4ccc(Cl)c(Cl)c4)c3)c(=O)n2[C@H]1c1ccccc1OC. The highest BCUT2D eigenvalue weighted by Crippen LogP contribution is 2.36. The van der Waals surface area contributed by atoms with Gasteiger partial charge in [0.25, 0.3) is 11.5 Å². The van der Waals surface area contributed by atoms with E-state index in [1.165, 1.54) is 11.3 Å². The Kier molecular flexibility index (Phi) is 9.40. The molecule has 3 aromatic carbocycles. The minimum atomic E-state index is -0.691. The van der Waals surface area contributed by atoms with Crippen molar-refractivity contribution < 1.29 is 14.3 Å². The number of likely N-dealkylation sites (N-methyl/N-ethyl adjacent to an activating group) is 1. The Morgan fingerprint density at radius 1 is 1.05 bits per heavy atom. The van der Waals surface area contributed by atoms with Crippen LogP contribution in [0.4, 0.5) is 0 Å². The van der Waals surface area contributed by atoms with Gasteiger partial charge in [0.15, 0.2) is 4.80 Å². The lowest BCUT2D eigenvalue weighted by molar-refractivity contribution is -0.127. The number of rotatable bonds is 9. The number of para-hydroxylation sites is 1. The van der Waals surface area contributed by atoms with Crippen LogP contribution in [0, 0.1) is 0 Å². The fraction of sp³-hybridized carbons (Fsp3) is 0.242. The van der Waals surface area contributed by atoms with E-state index in [0.717, 1.165) is 16.7 Å². The predicted octanol–water partition coefficient (Wildman–Crippen LogP) is 6.00. The summed E-state index contributed by atoms with van der Waals surface area (Å²) in [4.78, 5) is 34.9. The highest BCUT2D eigenvalue weighted by molar-refractivity contribution is 7.07. The number of carbonyl (C=O) groups excluding carboxylic acids is 1. The number of benzene rings is 3. The van der Waals surface area contributed by atoms with Gasteiger partial charge in [-0.05, 0) is 68.3 Å². The average Bonchev–Trinajstić information content (AvgIpc) is 3.31. The normalized spacial score (nSPS) is 14.7. The van der Waals surface area contributed by atoms with E-state index in [-0.39, 0.29) is 11.5 Å². The molecular formula is C33H31Cl2N3O4S. The second-order valence-electron chi connectivity index (χ2n) is 9.91. The molecule has 10 heteroatoms. The van der Waals surface area contributed by atoms with Crippen LogP contribution in [-0.2, 0) is 11.4 Å². The van der Waals surface area contributed by atoms with Gasteiger partial charge >= 0.3 is 0 Å². The number of nitrogens with zero attached hydrogens (tertiary/aromatic N) is 3. The molecule has 1 atom stereocenters. The van der Waals surface area contributed by atoms with E-state index in [1.807, 2.05) is 81.4 Å². The molecule has 1 aliphatic rings. The maximum Gasteiger partial charge on any atom is 0.271 e. The Morgan fingerprint density at radius 3 is 2.53 bits per heavy atom. The van der Waals surface area contributed by atoms with Gasteiger partial charge in [-0.2, -0.15) is 0 Å². The number of amides is 1. The molecule has 0 N–H and O–H groups in total. The predicted molar refractivity (Wildman–Crippen MR) is 172 cm³/mol. The Labute approximate surface area is 263 Å². The highest BCUT2D eigenvalue weighted by atomic mass is 35.5. The summed E-state index contributed by atoms with van der Waals surface area (Å²) in [5, 5.41) is 0.956. The molecule has 43 heavy (non-hydrogen) atoms. The molecule has 1 aliphatic heterocycles. The van der Waals surface area contributed by atoms with Crippen molar-refractivity contribution in [1.29, 1.82) is 0 Å². The summed E-state index contributed by atoms with van der Waals surface area (Å²) in [6.45, 7) is 7.09. The first kappa shape index (κ1) is 30.6. The molecule has 0 radical (unpaired) electrons. The van der Waals surface area contributed by atoms with Crippen molar-refractivity contribution in [2.24, 2.45) is 4.99 Å². The number of allylic oxidation sites excluding steroid dienone is 1. The number of methoxy groups -OCH3 is 1. The van der Waals surface area contributed by atoms with Gasteiger partial charge in [-0.15, -0.1) is 0 Å². The Bertz CT molecular complexity index is 1890. The minimum absolute atomic E-state index is 0.150. The second-order valence-corrected chi connectivity index (χ2v) is 11.7.